The molecule has 0 radical (unpaired) electrons. The van der Waals surface area contributed by atoms with Gasteiger partial charge in [-0.2, -0.15) is 0 Å². The van der Waals surface area contributed by atoms with Crippen molar-refractivity contribution in [2.45, 2.75) is 37.3 Å². The van der Waals surface area contributed by atoms with E-state index in [4.69, 9.17) is 23.1 Å². The first-order chi connectivity index (χ1) is 8.54. The fourth-order valence-corrected chi connectivity index (χ4v) is 2.63. The summed E-state index contributed by atoms with van der Waals surface area (Å²) in [5, 5.41) is 3.53. The minimum absolute atomic E-state index is 0.125. The Balaban J connectivity index is 2.12. The van der Waals surface area contributed by atoms with Crippen LogP contribution >= 0.6 is 11.6 Å². The maximum absolute atomic E-state index is 13.1. The third-order valence-electron chi connectivity index (χ3n) is 3.71. The van der Waals surface area contributed by atoms with Crippen molar-refractivity contribution in [1.29, 1.82) is 0 Å². The summed E-state index contributed by atoms with van der Waals surface area (Å²) in [5.41, 5.74) is 12.5. The van der Waals surface area contributed by atoms with Crippen LogP contribution < -0.4 is 16.8 Å². The monoisotopic (exact) mass is 271 g/mol. The van der Waals surface area contributed by atoms with E-state index >= 15 is 0 Å². The number of halogens is 2. The number of anilines is 1. The van der Waals surface area contributed by atoms with Crippen molar-refractivity contribution >= 4 is 17.3 Å². The molecule has 1 aliphatic rings. The molecular formula is C13H19ClFN3. The van der Waals surface area contributed by atoms with E-state index in [1.807, 2.05) is 0 Å². The van der Waals surface area contributed by atoms with Crippen molar-refractivity contribution < 1.29 is 4.39 Å². The van der Waals surface area contributed by atoms with Crippen LogP contribution in [0, 0.1) is 5.82 Å². The molecule has 5 heteroatoms. The van der Waals surface area contributed by atoms with Gasteiger partial charge in [-0.1, -0.05) is 11.6 Å². The maximum atomic E-state index is 13.1. The first-order valence-corrected chi connectivity index (χ1v) is 6.61. The van der Waals surface area contributed by atoms with Crippen LogP contribution in [0.5, 0.6) is 0 Å². The summed E-state index contributed by atoms with van der Waals surface area (Å²) in [6, 6.07) is 4.92. The minimum atomic E-state index is -0.408. The van der Waals surface area contributed by atoms with Crippen LogP contribution in [0.25, 0.3) is 0 Å². The van der Waals surface area contributed by atoms with Gasteiger partial charge in [-0.3, -0.25) is 0 Å². The second kappa shape index (κ2) is 5.43. The normalized spacial score (nSPS) is 28.1. The van der Waals surface area contributed by atoms with Crippen LogP contribution in [0.15, 0.2) is 18.2 Å². The van der Waals surface area contributed by atoms with Gasteiger partial charge in [0, 0.05) is 23.8 Å². The van der Waals surface area contributed by atoms with Crippen LogP contribution in [0.2, 0.25) is 5.02 Å². The number of rotatable bonds is 3. The maximum Gasteiger partial charge on any atom is 0.141 e. The van der Waals surface area contributed by atoms with E-state index in [0.717, 1.165) is 31.4 Å². The van der Waals surface area contributed by atoms with E-state index < -0.39 is 5.82 Å². The van der Waals surface area contributed by atoms with Crippen LogP contribution in [0.1, 0.15) is 25.7 Å². The molecule has 0 spiro atoms. The van der Waals surface area contributed by atoms with Crippen molar-refractivity contribution in [3.05, 3.63) is 29.0 Å². The lowest BCUT2D eigenvalue weighted by Gasteiger charge is -2.40. The van der Waals surface area contributed by atoms with Gasteiger partial charge in [0.1, 0.15) is 5.82 Å². The largest absolute Gasteiger partial charge is 0.378 e. The van der Waals surface area contributed by atoms with Crippen LogP contribution in [0.4, 0.5) is 10.1 Å². The molecule has 1 aromatic rings. The second-order valence-corrected chi connectivity index (χ2v) is 5.48. The highest BCUT2D eigenvalue weighted by molar-refractivity contribution is 6.31. The smallest absolute Gasteiger partial charge is 0.141 e. The topological polar surface area (TPSA) is 64.1 Å². The van der Waals surface area contributed by atoms with Crippen LogP contribution in [0.3, 0.4) is 0 Å². The molecule has 0 atom stereocenters. The Morgan fingerprint density at radius 3 is 2.61 bits per heavy atom. The van der Waals surface area contributed by atoms with Crippen molar-refractivity contribution in [1.82, 2.24) is 0 Å². The number of benzene rings is 1. The highest BCUT2D eigenvalue weighted by atomic mass is 35.5. The predicted octanol–water partition coefficient (Wildman–Crippen LogP) is 2.49. The van der Waals surface area contributed by atoms with Crippen molar-refractivity contribution in [2.24, 2.45) is 11.5 Å². The molecule has 100 valence electrons. The van der Waals surface area contributed by atoms with Gasteiger partial charge in [-0.25, -0.2) is 4.39 Å². The molecule has 18 heavy (non-hydrogen) atoms. The third-order valence-corrected chi connectivity index (χ3v) is 4.00. The van der Waals surface area contributed by atoms with Gasteiger partial charge >= 0.3 is 0 Å². The molecule has 1 saturated carbocycles. The molecule has 0 heterocycles. The van der Waals surface area contributed by atoms with Crippen molar-refractivity contribution in [3.8, 4) is 0 Å². The quantitative estimate of drug-likeness (QED) is 0.791. The van der Waals surface area contributed by atoms with E-state index in [2.05, 4.69) is 5.32 Å². The summed E-state index contributed by atoms with van der Waals surface area (Å²) >= 11 is 5.78. The summed E-state index contributed by atoms with van der Waals surface area (Å²) < 4.78 is 13.1. The van der Waals surface area contributed by atoms with Gasteiger partial charge in [-0.05, 0) is 43.9 Å². The molecule has 0 amide bonds. The summed E-state index contributed by atoms with van der Waals surface area (Å²) in [7, 11) is 0. The fraction of sp³-hybridized carbons (Fsp3) is 0.538. The molecule has 0 saturated heterocycles. The Bertz CT molecular complexity index is 417. The van der Waals surface area contributed by atoms with Crippen molar-refractivity contribution in [3.63, 3.8) is 0 Å². The number of hydrogen-bond donors (Lipinski definition) is 3. The Kier molecular flexibility index (Phi) is 4.10. The molecule has 0 aromatic heterocycles. The first-order valence-electron chi connectivity index (χ1n) is 6.23. The average molecular weight is 272 g/mol. The van der Waals surface area contributed by atoms with Crippen LogP contribution in [-0.2, 0) is 0 Å². The SMILES string of the molecule is NCC1(Nc2ccc(F)c(Cl)c2)CCC(N)CC1. The van der Waals surface area contributed by atoms with Gasteiger partial charge in [0.15, 0.2) is 0 Å². The summed E-state index contributed by atoms with van der Waals surface area (Å²) in [6.45, 7) is 0.536. The summed E-state index contributed by atoms with van der Waals surface area (Å²) in [6.07, 6.45) is 3.78. The lowest BCUT2D eigenvalue weighted by molar-refractivity contribution is 0.304. The van der Waals surface area contributed by atoms with E-state index in [9.17, 15) is 4.39 Å². The second-order valence-electron chi connectivity index (χ2n) is 5.08. The molecule has 1 fully saturated rings. The Morgan fingerprint density at radius 2 is 2.06 bits per heavy atom. The Hall–Kier alpha value is -0.840. The third kappa shape index (κ3) is 2.94. The highest BCUT2D eigenvalue weighted by Gasteiger charge is 2.33. The van der Waals surface area contributed by atoms with E-state index in [0.29, 0.717) is 6.54 Å². The Morgan fingerprint density at radius 1 is 1.39 bits per heavy atom. The molecule has 0 aliphatic heterocycles. The van der Waals surface area contributed by atoms with Gasteiger partial charge in [0.05, 0.1) is 5.02 Å². The summed E-state index contributed by atoms with van der Waals surface area (Å²) in [4.78, 5) is 0. The zero-order chi connectivity index (χ0) is 13.2. The molecule has 5 N–H and O–H groups in total. The lowest BCUT2D eigenvalue weighted by Crippen LogP contribution is -2.50. The molecular weight excluding hydrogens is 253 g/mol. The highest BCUT2D eigenvalue weighted by Crippen LogP contribution is 2.31. The van der Waals surface area contributed by atoms with E-state index in [1.165, 1.54) is 6.07 Å². The lowest BCUT2D eigenvalue weighted by atomic mass is 9.79. The first kappa shape index (κ1) is 13.6. The average Bonchev–Trinajstić information content (AvgIpc) is 2.37. The van der Waals surface area contributed by atoms with E-state index in [1.54, 1.807) is 12.1 Å². The molecule has 0 bridgehead atoms. The minimum Gasteiger partial charge on any atom is -0.378 e. The zero-order valence-electron chi connectivity index (χ0n) is 10.3. The molecule has 3 nitrogen and oxygen atoms in total. The number of nitrogens with one attached hydrogen (secondary N) is 1. The van der Waals surface area contributed by atoms with Crippen LogP contribution in [-0.4, -0.2) is 18.1 Å². The number of hydrogen-bond acceptors (Lipinski definition) is 3. The van der Waals surface area contributed by atoms with Gasteiger partial charge in [-0.15, -0.1) is 0 Å². The molecule has 0 unspecified atom stereocenters. The fourth-order valence-electron chi connectivity index (χ4n) is 2.45. The van der Waals surface area contributed by atoms with E-state index in [-0.39, 0.29) is 16.6 Å². The molecule has 1 aliphatic carbocycles. The molecule has 1 aromatic carbocycles. The van der Waals surface area contributed by atoms with Gasteiger partial charge in [0.2, 0.25) is 0 Å². The molecule has 2 rings (SSSR count). The Labute approximate surface area is 112 Å². The predicted molar refractivity (Wildman–Crippen MR) is 73.3 cm³/mol. The summed E-state index contributed by atoms with van der Waals surface area (Å²) in [5.74, 6) is -0.408. The zero-order valence-corrected chi connectivity index (χ0v) is 11.0. The van der Waals surface area contributed by atoms with Crippen molar-refractivity contribution in [2.75, 3.05) is 11.9 Å². The number of nitrogens with two attached hydrogens (primary N) is 2. The van der Waals surface area contributed by atoms with Gasteiger partial charge < -0.3 is 16.8 Å². The standard InChI is InChI=1S/C13H19ClFN3/c14-11-7-10(1-2-12(11)15)18-13(8-16)5-3-9(17)4-6-13/h1-2,7,9,18H,3-6,8,16-17H2. The van der Waals surface area contributed by atoms with Gasteiger partial charge in [0.25, 0.3) is 0 Å².